The number of anilines is 1. The van der Waals surface area contributed by atoms with Gasteiger partial charge in [-0.05, 0) is 52.5 Å². The van der Waals surface area contributed by atoms with E-state index in [4.69, 9.17) is 15.2 Å². The van der Waals surface area contributed by atoms with Gasteiger partial charge in [0.15, 0.2) is 5.78 Å². The lowest BCUT2D eigenvalue weighted by Gasteiger charge is -2.38. The van der Waals surface area contributed by atoms with Gasteiger partial charge < -0.3 is 25.0 Å². The molecule has 13 heteroatoms. The van der Waals surface area contributed by atoms with E-state index in [1.165, 1.54) is 5.01 Å². The zero-order valence-electron chi connectivity index (χ0n) is 25.6. The lowest BCUT2D eigenvalue weighted by Crippen LogP contribution is -2.54. The normalized spacial score (nSPS) is 22.4. The van der Waals surface area contributed by atoms with Gasteiger partial charge in [-0.25, -0.2) is 19.6 Å². The summed E-state index contributed by atoms with van der Waals surface area (Å²) in [5.41, 5.74) is 8.75. The molecule has 13 nitrogen and oxygen atoms in total. The summed E-state index contributed by atoms with van der Waals surface area (Å²) >= 11 is 0. The van der Waals surface area contributed by atoms with Crippen LogP contribution in [0.25, 0.3) is 11.3 Å². The van der Waals surface area contributed by atoms with Crippen molar-refractivity contribution in [3.05, 3.63) is 35.0 Å². The minimum absolute atomic E-state index is 0.0625. The van der Waals surface area contributed by atoms with Crippen molar-refractivity contribution in [1.29, 1.82) is 0 Å². The van der Waals surface area contributed by atoms with Gasteiger partial charge in [0.25, 0.3) is 0 Å². The van der Waals surface area contributed by atoms with Crippen molar-refractivity contribution in [2.24, 2.45) is 11.7 Å². The van der Waals surface area contributed by atoms with Crippen LogP contribution in [0, 0.1) is 5.92 Å². The number of H-pyrrole nitrogens is 1. The average molecular weight is 608 g/mol. The van der Waals surface area contributed by atoms with E-state index < -0.39 is 11.6 Å². The minimum atomic E-state index is -0.659. The Morgan fingerprint density at radius 3 is 2.27 bits per heavy atom. The third-order valence-electron chi connectivity index (χ3n) is 8.98. The molecule has 0 bridgehead atoms. The number of benzene rings is 1. The van der Waals surface area contributed by atoms with Crippen LogP contribution < -0.4 is 10.7 Å². The largest absolute Gasteiger partial charge is 0.444 e. The van der Waals surface area contributed by atoms with Gasteiger partial charge in [-0.3, -0.25) is 14.7 Å². The van der Waals surface area contributed by atoms with Crippen molar-refractivity contribution >= 4 is 29.5 Å². The molecule has 3 N–H and O–H groups in total. The molecule has 1 aromatic carbocycles. The quantitative estimate of drug-likeness (QED) is 0.459. The Balaban J connectivity index is 1.11. The first-order valence-corrected chi connectivity index (χ1v) is 15.5. The molecule has 0 unspecified atom stereocenters. The van der Waals surface area contributed by atoms with Gasteiger partial charge in [-0.2, -0.15) is 5.10 Å². The Morgan fingerprint density at radius 2 is 1.64 bits per heavy atom. The maximum atomic E-state index is 14.0. The van der Waals surface area contributed by atoms with Crippen molar-refractivity contribution in [2.75, 3.05) is 57.5 Å². The molecular formula is C31H41N7O6. The number of amides is 4. The summed E-state index contributed by atoms with van der Waals surface area (Å²) in [6, 6.07) is 4.75. The van der Waals surface area contributed by atoms with Crippen LogP contribution in [0.3, 0.4) is 0 Å². The number of nitrogens with one attached hydrogen (secondary N) is 1. The van der Waals surface area contributed by atoms with Gasteiger partial charge in [0.1, 0.15) is 11.3 Å². The molecule has 3 fully saturated rings. The summed E-state index contributed by atoms with van der Waals surface area (Å²) in [4.78, 5) is 55.9. The number of nitrogens with zero attached hydrogens (tertiary/aromatic N) is 5. The van der Waals surface area contributed by atoms with Crippen molar-refractivity contribution in [3.63, 3.8) is 0 Å². The Bertz CT molecular complexity index is 1440. The molecule has 44 heavy (non-hydrogen) atoms. The molecule has 4 aliphatic rings. The van der Waals surface area contributed by atoms with E-state index in [1.807, 2.05) is 42.8 Å². The molecule has 2 aromatic rings. The van der Waals surface area contributed by atoms with Gasteiger partial charge in [0, 0.05) is 56.7 Å². The smallest absolute Gasteiger partial charge is 0.410 e. The number of hydrogen-bond donors (Lipinski definition) is 2. The number of carbonyl (C=O) groups is 4. The van der Waals surface area contributed by atoms with E-state index in [-0.39, 0.29) is 29.6 Å². The molecule has 0 atom stereocenters. The van der Waals surface area contributed by atoms with Crippen molar-refractivity contribution in [1.82, 2.24) is 25.0 Å². The summed E-state index contributed by atoms with van der Waals surface area (Å²) in [5.74, 6) is -0.0696. The zero-order chi connectivity index (χ0) is 31.2. The van der Waals surface area contributed by atoms with Crippen LogP contribution in [-0.4, -0.2) is 107 Å². The highest BCUT2D eigenvalue weighted by molar-refractivity contribution is 6.25. The molecule has 6 rings (SSSR count). The molecule has 3 heterocycles. The maximum Gasteiger partial charge on any atom is 0.410 e. The first-order valence-electron chi connectivity index (χ1n) is 15.5. The monoisotopic (exact) mass is 607 g/mol. The van der Waals surface area contributed by atoms with E-state index >= 15 is 0 Å². The first kappa shape index (κ1) is 30.1. The number of nitrogens with two attached hydrogens (primary N) is 1. The number of primary amides is 1. The van der Waals surface area contributed by atoms with Gasteiger partial charge >= 0.3 is 12.1 Å². The molecule has 4 amide bonds. The van der Waals surface area contributed by atoms with Crippen LogP contribution in [0.4, 0.5) is 15.3 Å². The highest BCUT2D eigenvalue weighted by Crippen LogP contribution is 2.46. The number of carbonyl (C=O) groups excluding carboxylic acids is 4. The number of hydrogen-bond acceptors (Lipinski definition) is 8. The third-order valence-corrected chi connectivity index (χ3v) is 8.98. The Hall–Kier alpha value is -3.97. The number of urea groups is 1. The van der Waals surface area contributed by atoms with Crippen LogP contribution >= 0.6 is 0 Å². The summed E-state index contributed by atoms with van der Waals surface area (Å²) in [7, 11) is 0. The second-order valence-corrected chi connectivity index (χ2v) is 12.9. The third kappa shape index (κ3) is 5.65. The van der Waals surface area contributed by atoms with E-state index in [0.29, 0.717) is 93.4 Å². The van der Waals surface area contributed by atoms with Gasteiger partial charge in [-0.1, -0.05) is 12.1 Å². The molecule has 236 valence electrons. The molecular weight excluding hydrogens is 566 g/mol. The van der Waals surface area contributed by atoms with Crippen LogP contribution in [-0.2, 0) is 14.3 Å². The fraction of sp³-hybridized carbons (Fsp3) is 0.581. The van der Waals surface area contributed by atoms with Crippen LogP contribution in [0.5, 0.6) is 0 Å². The highest BCUT2D eigenvalue weighted by atomic mass is 16.6. The Kier molecular flexibility index (Phi) is 8.10. The second kappa shape index (κ2) is 11.8. The number of fused-ring (bicyclic) bond motifs is 3. The van der Waals surface area contributed by atoms with E-state index in [1.54, 1.807) is 11.0 Å². The van der Waals surface area contributed by atoms with Gasteiger partial charge in [-0.15, -0.1) is 0 Å². The Morgan fingerprint density at radius 1 is 0.977 bits per heavy atom. The Labute approximate surface area is 256 Å². The lowest BCUT2D eigenvalue weighted by atomic mass is 9.78. The maximum absolute atomic E-state index is 14.0. The summed E-state index contributed by atoms with van der Waals surface area (Å²) < 4.78 is 10.9. The molecule has 1 aromatic heterocycles. The fourth-order valence-corrected chi connectivity index (χ4v) is 6.84. The zero-order valence-corrected chi connectivity index (χ0v) is 25.6. The van der Waals surface area contributed by atoms with Gasteiger partial charge in [0.2, 0.25) is 5.91 Å². The lowest BCUT2D eigenvalue weighted by molar-refractivity contribution is -0.138. The van der Waals surface area contributed by atoms with Crippen molar-refractivity contribution < 1.29 is 28.7 Å². The molecule has 2 aliphatic heterocycles. The molecule has 1 saturated carbocycles. The SMILES string of the molecule is CC(C)(C)OC(=O)N1CCN(C(=O)C2CCC(c3[nH]nc4c3C(=O)c3c-4cccc3N(C(N)=O)N3CCOCC3)CC2)CC1. The fourth-order valence-electron chi connectivity index (χ4n) is 6.84. The van der Waals surface area contributed by atoms with Crippen molar-refractivity contribution in [2.45, 2.75) is 58.0 Å². The highest BCUT2D eigenvalue weighted by Gasteiger charge is 2.41. The minimum Gasteiger partial charge on any atom is -0.444 e. The summed E-state index contributed by atoms with van der Waals surface area (Å²) in [5, 5.41) is 10.9. The van der Waals surface area contributed by atoms with Gasteiger partial charge in [0.05, 0.1) is 35.7 Å². The molecule has 2 aliphatic carbocycles. The first-order chi connectivity index (χ1) is 21.0. The van der Waals surface area contributed by atoms with E-state index in [2.05, 4.69) is 10.2 Å². The number of aromatic amines is 1. The number of rotatable bonds is 4. The number of hydrazine groups is 1. The predicted molar refractivity (Wildman–Crippen MR) is 161 cm³/mol. The van der Waals surface area contributed by atoms with E-state index in [0.717, 1.165) is 18.5 Å². The average Bonchev–Trinajstić information content (AvgIpc) is 3.56. The van der Waals surface area contributed by atoms with Crippen LogP contribution in [0.15, 0.2) is 18.2 Å². The molecule has 2 saturated heterocycles. The topological polar surface area (TPSA) is 154 Å². The summed E-state index contributed by atoms with van der Waals surface area (Å²) in [6.07, 6.45) is 2.58. The second-order valence-electron chi connectivity index (χ2n) is 12.9. The van der Waals surface area contributed by atoms with Crippen molar-refractivity contribution in [3.8, 4) is 11.3 Å². The van der Waals surface area contributed by atoms with Crippen LogP contribution in [0.2, 0.25) is 0 Å². The number of aromatic nitrogens is 2. The number of ketones is 1. The summed E-state index contributed by atoms with van der Waals surface area (Å²) in [6.45, 7) is 9.33. The number of ether oxygens (including phenoxy) is 2. The molecule has 0 spiro atoms. The number of morpholine rings is 1. The molecule has 0 radical (unpaired) electrons. The number of piperazine rings is 1. The standard InChI is InChI=1S/C31H41N7O6/c1-31(2,3)44-30(42)36-13-11-35(12-14-36)28(40)20-9-7-19(8-10-20)25-24-26(34-33-25)21-5-4-6-22(23(21)27(24)39)38(29(32)41)37-15-17-43-18-16-37/h4-6,19-20H,7-18H2,1-3H3,(H2,32,41)(H,33,34). The predicted octanol–water partition coefficient (Wildman–Crippen LogP) is 3.11. The van der Waals surface area contributed by atoms with E-state index in [9.17, 15) is 19.2 Å². The van der Waals surface area contributed by atoms with Crippen LogP contribution in [0.1, 0.15) is 74.0 Å².